The van der Waals surface area contributed by atoms with Crippen LogP contribution in [0.4, 0.5) is 5.82 Å². The minimum atomic E-state index is -1.08. The molecule has 3 N–H and O–H groups in total. The molecular weight excluding hydrogens is 234 g/mol. The number of carbonyl (C=O) groups excluding carboxylic acids is 1. The zero-order valence-electron chi connectivity index (χ0n) is 9.85. The highest BCUT2D eigenvalue weighted by Crippen LogP contribution is 2.52. The molecule has 0 aliphatic heterocycles. The normalized spacial score (nSPS) is 29.4. The van der Waals surface area contributed by atoms with Crippen LogP contribution < -0.4 is 5.32 Å². The maximum atomic E-state index is 12.1. The van der Waals surface area contributed by atoms with Gasteiger partial charge < -0.3 is 10.4 Å². The molecule has 3 unspecified atom stereocenters. The molecule has 1 heterocycles. The molecule has 2 fully saturated rings. The molecule has 96 valence electrons. The van der Waals surface area contributed by atoms with Gasteiger partial charge in [0, 0.05) is 12.0 Å². The average Bonchev–Trinajstić information content (AvgIpc) is 2.99. The summed E-state index contributed by atoms with van der Waals surface area (Å²) in [5.74, 6) is 0.544. The fourth-order valence-electron chi connectivity index (χ4n) is 2.95. The number of rotatable bonds is 3. The molecule has 1 aromatic heterocycles. The number of H-pyrrole nitrogens is 1. The number of carbonyl (C=O) groups is 2. The second-order valence-corrected chi connectivity index (χ2v) is 5.16. The molecule has 0 saturated heterocycles. The van der Waals surface area contributed by atoms with Crippen LogP contribution in [0.5, 0.6) is 0 Å². The summed E-state index contributed by atoms with van der Waals surface area (Å²) >= 11 is 0. The van der Waals surface area contributed by atoms with Crippen LogP contribution in [0, 0.1) is 17.8 Å². The van der Waals surface area contributed by atoms with Gasteiger partial charge in [0.2, 0.25) is 5.91 Å². The number of hydrogen-bond donors (Lipinski definition) is 3. The van der Waals surface area contributed by atoms with Gasteiger partial charge in [-0.15, -0.1) is 0 Å². The molecule has 18 heavy (non-hydrogen) atoms. The van der Waals surface area contributed by atoms with Gasteiger partial charge in [-0.25, -0.2) is 4.79 Å². The Labute approximate surface area is 104 Å². The summed E-state index contributed by atoms with van der Waals surface area (Å²) in [6, 6.07) is 1.34. The number of carboxylic acid groups (broad SMARTS) is 1. The highest BCUT2D eigenvalue weighted by Gasteiger charge is 2.47. The van der Waals surface area contributed by atoms with Gasteiger partial charge in [0.15, 0.2) is 5.82 Å². The van der Waals surface area contributed by atoms with E-state index in [1.54, 1.807) is 0 Å². The Morgan fingerprint density at radius 2 is 2.28 bits per heavy atom. The third-order valence-electron chi connectivity index (χ3n) is 3.98. The molecule has 3 atom stereocenters. The van der Waals surface area contributed by atoms with Gasteiger partial charge in [-0.2, -0.15) is 5.10 Å². The first-order valence-corrected chi connectivity index (χ1v) is 6.24. The Bertz CT molecular complexity index is 497. The maximum absolute atomic E-state index is 12.1. The quantitative estimate of drug-likeness (QED) is 0.756. The summed E-state index contributed by atoms with van der Waals surface area (Å²) in [5, 5.41) is 17.6. The summed E-state index contributed by atoms with van der Waals surface area (Å²) < 4.78 is 0. The van der Waals surface area contributed by atoms with E-state index in [1.165, 1.54) is 18.9 Å². The number of anilines is 1. The third kappa shape index (κ3) is 1.98. The Balaban J connectivity index is 1.64. The van der Waals surface area contributed by atoms with Crippen molar-refractivity contribution in [1.82, 2.24) is 10.2 Å². The lowest BCUT2D eigenvalue weighted by Crippen LogP contribution is -2.27. The number of aromatic nitrogens is 2. The van der Waals surface area contributed by atoms with Crippen LogP contribution >= 0.6 is 0 Å². The largest absolute Gasteiger partial charge is 0.477 e. The van der Waals surface area contributed by atoms with Crippen molar-refractivity contribution in [2.24, 2.45) is 17.8 Å². The molecule has 0 aromatic carbocycles. The molecule has 2 aliphatic carbocycles. The fraction of sp³-hybridized carbons (Fsp3) is 0.583. The number of aromatic amines is 1. The summed E-state index contributed by atoms with van der Waals surface area (Å²) in [6.07, 6.45) is 4.46. The lowest BCUT2D eigenvalue weighted by Gasteiger charge is -2.19. The molecule has 2 aliphatic rings. The molecule has 6 nitrogen and oxygen atoms in total. The summed E-state index contributed by atoms with van der Waals surface area (Å²) in [5.41, 5.74) is -0.0155. The minimum Gasteiger partial charge on any atom is -0.477 e. The molecule has 3 rings (SSSR count). The predicted molar refractivity (Wildman–Crippen MR) is 63.1 cm³/mol. The van der Waals surface area contributed by atoms with Gasteiger partial charge in [0.05, 0.1) is 0 Å². The molecule has 1 amide bonds. The van der Waals surface area contributed by atoms with E-state index in [0.717, 1.165) is 18.8 Å². The zero-order chi connectivity index (χ0) is 12.7. The van der Waals surface area contributed by atoms with Crippen LogP contribution in [0.25, 0.3) is 0 Å². The van der Waals surface area contributed by atoms with Gasteiger partial charge in [-0.3, -0.25) is 9.89 Å². The summed E-state index contributed by atoms with van der Waals surface area (Å²) in [7, 11) is 0. The smallest absolute Gasteiger partial charge is 0.353 e. The van der Waals surface area contributed by atoms with Crippen molar-refractivity contribution in [2.75, 3.05) is 5.32 Å². The first kappa shape index (κ1) is 11.3. The van der Waals surface area contributed by atoms with E-state index >= 15 is 0 Å². The Morgan fingerprint density at radius 3 is 3.00 bits per heavy atom. The van der Waals surface area contributed by atoms with Crippen molar-refractivity contribution in [3.8, 4) is 0 Å². The van der Waals surface area contributed by atoms with Crippen LogP contribution in [-0.4, -0.2) is 27.2 Å². The summed E-state index contributed by atoms with van der Waals surface area (Å²) in [4.78, 5) is 22.7. The fourth-order valence-corrected chi connectivity index (χ4v) is 2.95. The Kier molecular flexibility index (Phi) is 2.57. The highest BCUT2D eigenvalue weighted by atomic mass is 16.4. The molecule has 0 spiro atoms. The van der Waals surface area contributed by atoms with Gasteiger partial charge in [0.1, 0.15) is 5.69 Å². The molecule has 0 bridgehead atoms. The van der Waals surface area contributed by atoms with Gasteiger partial charge in [-0.05, 0) is 24.7 Å². The Morgan fingerprint density at radius 1 is 1.44 bits per heavy atom. The van der Waals surface area contributed by atoms with Crippen LogP contribution in [0.15, 0.2) is 6.07 Å². The number of aromatic carboxylic acids is 1. The van der Waals surface area contributed by atoms with Gasteiger partial charge in [0.25, 0.3) is 0 Å². The van der Waals surface area contributed by atoms with Crippen LogP contribution in [0.3, 0.4) is 0 Å². The second-order valence-electron chi connectivity index (χ2n) is 5.16. The molecule has 6 heteroatoms. The number of nitrogens with one attached hydrogen (secondary N) is 2. The van der Waals surface area contributed by atoms with Gasteiger partial charge >= 0.3 is 5.97 Å². The maximum Gasteiger partial charge on any atom is 0.353 e. The van der Waals surface area contributed by atoms with Crippen LogP contribution in [0.2, 0.25) is 0 Å². The number of fused-ring (bicyclic) bond motifs is 1. The molecule has 0 radical (unpaired) electrons. The monoisotopic (exact) mass is 249 g/mol. The Hall–Kier alpha value is -1.85. The van der Waals surface area contributed by atoms with Crippen molar-refractivity contribution < 1.29 is 14.7 Å². The first-order valence-electron chi connectivity index (χ1n) is 6.24. The molecular formula is C12H15N3O3. The van der Waals surface area contributed by atoms with E-state index in [0.29, 0.717) is 11.7 Å². The summed E-state index contributed by atoms with van der Waals surface area (Å²) in [6.45, 7) is 0. The molecule has 2 saturated carbocycles. The number of nitrogens with zero attached hydrogens (tertiary/aromatic N) is 1. The van der Waals surface area contributed by atoms with E-state index in [2.05, 4.69) is 15.5 Å². The van der Waals surface area contributed by atoms with Crippen molar-refractivity contribution in [3.63, 3.8) is 0 Å². The van der Waals surface area contributed by atoms with Crippen molar-refractivity contribution in [3.05, 3.63) is 11.8 Å². The van der Waals surface area contributed by atoms with Crippen LogP contribution in [0.1, 0.15) is 36.2 Å². The first-order chi connectivity index (χ1) is 8.65. The zero-order valence-corrected chi connectivity index (χ0v) is 9.85. The topological polar surface area (TPSA) is 95.1 Å². The highest BCUT2D eigenvalue weighted by molar-refractivity contribution is 5.93. The van der Waals surface area contributed by atoms with Gasteiger partial charge in [-0.1, -0.05) is 12.8 Å². The van der Waals surface area contributed by atoms with E-state index < -0.39 is 5.97 Å². The van der Waals surface area contributed by atoms with E-state index in [1.807, 2.05) is 0 Å². The van der Waals surface area contributed by atoms with E-state index in [4.69, 9.17) is 5.11 Å². The predicted octanol–water partition coefficient (Wildman–Crippen LogP) is 1.48. The standard InChI is InChI=1S/C12H15N3O3/c16-11(7-3-1-2-6-4-8(6)7)13-10-5-9(12(17)18)14-15-10/h5-8H,1-4H2,(H,17,18)(H2,13,14,15,16). The van der Waals surface area contributed by atoms with E-state index in [9.17, 15) is 9.59 Å². The van der Waals surface area contributed by atoms with Crippen LogP contribution in [-0.2, 0) is 4.79 Å². The van der Waals surface area contributed by atoms with Crippen molar-refractivity contribution in [1.29, 1.82) is 0 Å². The number of amides is 1. The average molecular weight is 249 g/mol. The number of hydrogen-bond acceptors (Lipinski definition) is 3. The van der Waals surface area contributed by atoms with E-state index in [-0.39, 0.29) is 17.5 Å². The molecule has 1 aromatic rings. The minimum absolute atomic E-state index is 0.0155. The third-order valence-corrected chi connectivity index (χ3v) is 3.98. The second kappa shape index (κ2) is 4.12. The number of carboxylic acids is 1. The van der Waals surface area contributed by atoms with Crippen molar-refractivity contribution >= 4 is 17.7 Å². The lowest BCUT2D eigenvalue weighted by atomic mass is 9.88. The lowest BCUT2D eigenvalue weighted by molar-refractivity contribution is -0.121. The SMILES string of the molecule is O=C(O)c1cc(NC(=O)C2CCCC3CC32)n[nH]1. The van der Waals surface area contributed by atoms with Crippen molar-refractivity contribution in [2.45, 2.75) is 25.7 Å².